The van der Waals surface area contributed by atoms with Crippen molar-refractivity contribution in [3.8, 4) is 22.4 Å². The van der Waals surface area contributed by atoms with Crippen molar-refractivity contribution in [2.45, 2.75) is 45.4 Å². The van der Waals surface area contributed by atoms with E-state index in [0.717, 1.165) is 75.6 Å². The van der Waals surface area contributed by atoms with Crippen molar-refractivity contribution in [1.29, 1.82) is 0 Å². The van der Waals surface area contributed by atoms with Crippen LogP contribution in [0.25, 0.3) is 44.3 Å². The first kappa shape index (κ1) is 19.1. The monoisotopic (exact) mass is 432 g/mol. The molecule has 1 fully saturated rings. The molecule has 1 aliphatic rings. The Hall–Kier alpha value is -3.39. The average molecular weight is 433 g/mol. The summed E-state index contributed by atoms with van der Waals surface area (Å²) in [4.78, 5) is 4.68. The molecule has 0 spiro atoms. The SMILES string of the molecule is [2H]C1(c2ccc(-c3ccnc(-c4cccc5c4oc4ccccc45)c3)cc2)CCC(C)(C)CC1. The smallest absolute Gasteiger partial charge is 0.144 e. The topological polar surface area (TPSA) is 26.0 Å². The summed E-state index contributed by atoms with van der Waals surface area (Å²) < 4.78 is 15.3. The highest BCUT2D eigenvalue weighted by Gasteiger charge is 2.27. The third-order valence-electron chi connectivity index (χ3n) is 7.27. The molecule has 1 saturated carbocycles. The number of hydrogen-bond donors (Lipinski definition) is 0. The minimum Gasteiger partial charge on any atom is -0.455 e. The van der Waals surface area contributed by atoms with E-state index in [0.29, 0.717) is 5.41 Å². The summed E-state index contributed by atoms with van der Waals surface area (Å²) >= 11 is 0. The van der Waals surface area contributed by atoms with Gasteiger partial charge in [0.05, 0.1) is 5.69 Å². The maximum Gasteiger partial charge on any atom is 0.144 e. The van der Waals surface area contributed by atoms with E-state index in [-0.39, 0.29) is 0 Å². The Kier molecular flexibility index (Phi) is 4.56. The molecule has 0 aliphatic heterocycles. The van der Waals surface area contributed by atoms with Crippen LogP contribution >= 0.6 is 0 Å². The van der Waals surface area contributed by atoms with Crippen molar-refractivity contribution >= 4 is 21.9 Å². The third kappa shape index (κ3) is 3.74. The zero-order valence-electron chi connectivity index (χ0n) is 20.3. The molecule has 0 radical (unpaired) electrons. The standard InChI is InChI=1S/C31H29NO/c1-31(2)17-14-23(15-18-31)21-10-12-22(13-11-21)24-16-19-32-28(20-24)27-8-5-7-26-25-6-3-4-9-29(25)33-30(26)27/h3-13,16,19-20,23H,14-15,17-18H2,1-2H3/i23D. The van der Waals surface area contributed by atoms with Crippen LogP contribution in [-0.4, -0.2) is 4.98 Å². The van der Waals surface area contributed by atoms with Gasteiger partial charge in [0.2, 0.25) is 0 Å². The number of para-hydroxylation sites is 2. The van der Waals surface area contributed by atoms with Crippen molar-refractivity contribution in [2.75, 3.05) is 0 Å². The first-order valence-corrected chi connectivity index (χ1v) is 11.9. The molecule has 33 heavy (non-hydrogen) atoms. The van der Waals surface area contributed by atoms with Crippen LogP contribution in [0.4, 0.5) is 0 Å². The number of benzene rings is 3. The molecule has 2 nitrogen and oxygen atoms in total. The molecule has 0 bridgehead atoms. The van der Waals surface area contributed by atoms with Gasteiger partial charge in [-0.2, -0.15) is 0 Å². The van der Waals surface area contributed by atoms with Crippen LogP contribution in [0.1, 0.15) is 52.4 Å². The fourth-order valence-corrected chi connectivity index (χ4v) is 5.12. The number of rotatable bonds is 3. The lowest BCUT2D eigenvalue weighted by Gasteiger charge is -2.34. The van der Waals surface area contributed by atoms with Gasteiger partial charge in [0, 0.05) is 23.9 Å². The lowest BCUT2D eigenvalue weighted by molar-refractivity contribution is 0.224. The molecule has 2 heteroatoms. The summed E-state index contributed by atoms with van der Waals surface area (Å²) in [5.74, 6) is -0.464. The molecule has 0 atom stereocenters. The van der Waals surface area contributed by atoms with Gasteiger partial charge in [0.25, 0.3) is 0 Å². The lowest BCUT2D eigenvalue weighted by Crippen LogP contribution is -2.20. The summed E-state index contributed by atoms with van der Waals surface area (Å²) in [5, 5.41) is 2.24. The van der Waals surface area contributed by atoms with Gasteiger partial charge in [-0.3, -0.25) is 4.98 Å². The van der Waals surface area contributed by atoms with Crippen molar-refractivity contribution in [2.24, 2.45) is 5.41 Å². The normalized spacial score (nSPS) is 17.8. The molecule has 3 aromatic carbocycles. The molecule has 0 amide bonds. The molecule has 0 N–H and O–H groups in total. The van der Waals surface area contributed by atoms with Crippen molar-refractivity contribution in [1.82, 2.24) is 4.98 Å². The minimum atomic E-state index is -0.464. The Morgan fingerprint density at radius 3 is 2.42 bits per heavy atom. The number of fused-ring (bicyclic) bond motifs is 3. The molecule has 6 rings (SSSR count). The second-order valence-electron chi connectivity index (χ2n) is 10.1. The Labute approximate surface area is 196 Å². The highest BCUT2D eigenvalue weighted by atomic mass is 16.3. The molecular formula is C31H29NO. The Bertz CT molecular complexity index is 1490. The molecule has 1 aliphatic carbocycles. The zero-order chi connectivity index (χ0) is 23.3. The van der Waals surface area contributed by atoms with Gasteiger partial charge in [-0.1, -0.05) is 68.4 Å². The van der Waals surface area contributed by atoms with Gasteiger partial charge in [-0.25, -0.2) is 0 Å². The van der Waals surface area contributed by atoms with Gasteiger partial charge in [-0.05, 0) is 77.9 Å². The third-order valence-corrected chi connectivity index (χ3v) is 7.27. The maximum atomic E-state index is 9.06. The van der Waals surface area contributed by atoms with Crippen LogP contribution < -0.4 is 0 Å². The number of aromatic nitrogens is 1. The van der Waals surface area contributed by atoms with Crippen LogP contribution in [0.15, 0.2) is 89.5 Å². The quantitative estimate of drug-likeness (QED) is 0.284. The van der Waals surface area contributed by atoms with Crippen LogP contribution in [-0.2, 0) is 0 Å². The van der Waals surface area contributed by atoms with E-state index in [1.807, 2.05) is 24.4 Å². The van der Waals surface area contributed by atoms with E-state index in [9.17, 15) is 0 Å². The van der Waals surface area contributed by atoms with Gasteiger partial charge in [0.1, 0.15) is 11.2 Å². The van der Waals surface area contributed by atoms with Crippen molar-refractivity contribution in [3.05, 3.63) is 90.6 Å². The van der Waals surface area contributed by atoms with E-state index >= 15 is 0 Å². The van der Waals surface area contributed by atoms with Crippen LogP contribution in [0.3, 0.4) is 0 Å². The second-order valence-corrected chi connectivity index (χ2v) is 10.1. The van der Waals surface area contributed by atoms with Gasteiger partial charge in [0.15, 0.2) is 0 Å². The first-order valence-electron chi connectivity index (χ1n) is 12.4. The van der Waals surface area contributed by atoms with Gasteiger partial charge >= 0.3 is 0 Å². The van der Waals surface area contributed by atoms with Crippen LogP contribution in [0.5, 0.6) is 0 Å². The summed E-state index contributed by atoms with van der Waals surface area (Å²) in [6, 6.07) is 27.2. The number of hydrogen-bond acceptors (Lipinski definition) is 2. The predicted molar refractivity (Wildman–Crippen MR) is 137 cm³/mol. The van der Waals surface area contributed by atoms with Crippen LogP contribution in [0.2, 0.25) is 0 Å². The van der Waals surface area contributed by atoms with Crippen molar-refractivity contribution in [3.63, 3.8) is 0 Å². The molecule has 164 valence electrons. The molecule has 0 saturated heterocycles. The maximum absolute atomic E-state index is 9.06. The minimum absolute atomic E-state index is 0.362. The summed E-state index contributed by atoms with van der Waals surface area (Å²) in [5.41, 5.74) is 7.43. The van der Waals surface area contributed by atoms with Crippen molar-refractivity contribution < 1.29 is 5.79 Å². The number of furan rings is 1. The zero-order valence-corrected chi connectivity index (χ0v) is 19.3. The van der Waals surface area contributed by atoms with E-state index in [2.05, 4.69) is 79.5 Å². The fraction of sp³-hybridized carbons (Fsp3) is 0.258. The summed E-state index contributed by atoms with van der Waals surface area (Å²) in [6.45, 7) is 4.64. The van der Waals surface area contributed by atoms with Crippen LogP contribution in [0, 0.1) is 5.41 Å². The van der Waals surface area contributed by atoms with E-state index < -0.39 is 5.89 Å². The highest BCUT2D eigenvalue weighted by Crippen LogP contribution is 2.43. The largest absolute Gasteiger partial charge is 0.455 e. The van der Waals surface area contributed by atoms with E-state index in [1.165, 1.54) is 0 Å². The molecule has 2 aromatic heterocycles. The summed E-state index contributed by atoms with van der Waals surface area (Å²) in [6.07, 6.45) is 5.95. The summed E-state index contributed by atoms with van der Waals surface area (Å²) in [7, 11) is 0. The average Bonchev–Trinajstić information content (AvgIpc) is 3.25. The predicted octanol–water partition coefficient (Wildman–Crippen LogP) is 9.00. The van der Waals surface area contributed by atoms with Gasteiger partial charge < -0.3 is 4.42 Å². The number of pyridine rings is 1. The first-order chi connectivity index (χ1) is 16.4. The fourth-order valence-electron chi connectivity index (χ4n) is 5.12. The Balaban J connectivity index is 1.34. The lowest BCUT2D eigenvalue weighted by atomic mass is 9.71. The molecule has 5 aromatic rings. The molecular weight excluding hydrogens is 402 g/mol. The Morgan fingerprint density at radius 2 is 1.61 bits per heavy atom. The number of nitrogens with zero attached hydrogens (tertiary/aromatic N) is 1. The van der Waals surface area contributed by atoms with E-state index in [4.69, 9.17) is 5.79 Å². The molecule has 0 unspecified atom stereocenters. The van der Waals surface area contributed by atoms with Gasteiger partial charge in [-0.15, -0.1) is 0 Å². The molecule has 2 heterocycles. The van der Waals surface area contributed by atoms with E-state index in [1.54, 1.807) is 0 Å². The highest BCUT2D eigenvalue weighted by molar-refractivity contribution is 6.09. The second kappa shape index (κ2) is 7.88. The Morgan fingerprint density at radius 1 is 0.848 bits per heavy atom.